The maximum atomic E-state index is 13.0. The molecule has 25 heavy (non-hydrogen) atoms. The number of aliphatic imine (C=N–C) groups is 2. The smallest absolute Gasteiger partial charge is 0.336 e. The summed E-state index contributed by atoms with van der Waals surface area (Å²) in [5.41, 5.74) is 2.97. The monoisotopic (exact) mass is 331 g/mol. The zero-order valence-electron chi connectivity index (χ0n) is 13.8. The van der Waals surface area contributed by atoms with Crippen LogP contribution in [0.15, 0.2) is 58.5 Å². The number of carbonyl (C=O) groups is 1. The highest BCUT2D eigenvalue weighted by molar-refractivity contribution is 6.27. The minimum absolute atomic E-state index is 0.326. The minimum Gasteiger partial charge on any atom is -0.467 e. The molecule has 3 heterocycles. The van der Waals surface area contributed by atoms with Crippen LogP contribution in [0.1, 0.15) is 17.5 Å². The van der Waals surface area contributed by atoms with Crippen LogP contribution in [0.5, 0.6) is 0 Å². The zero-order valence-corrected chi connectivity index (χ0v) is 13.8. The van der Waals surface area contributed by atoms with E-state index in [1.54, 1.807) is 0 Å². The molecule has 2 aromatic carbocycles. The minimum atomic E-state index is -1.05. The molecular formula is C20H17N3O2. The highest BCUT2D eigenvalue weighted by Crippen LogP contribution is 2.52. The molecule has 1 fully saturated rings. The van der Waals surface area contributed by atoms with Gasteiger partial charge in [-0.1, -0.05) is 36.4 Å². The average Bonchev–Trinajstić information content (AvgIpc) is 3.20. The van der Waals surface area contributed by atoms with Crippen LogP contribution in [0.4, 0.5) is 11.4 Å². The predicted octanol–water partition coefficient (Wildman–Crippen LogP) is 2.79. The Morgan fingerprint density at radius 3 is 2.60 bits per heavy atom. The third-order valence-corrected chi connectivity index (χ3v) is 5.53. The molecule has 1 saturated heterocycles. The Morgan fingerprint density at radius 2 is 1.80 bits per heavy atom. The molecule has 0 radical (unpaired) electrons. The number of ether oxygens (including phenoxy) is 1. The Kier molecular flexibility index (Phi) is 2.83. The van der Waals surface area contributed by atoms with Crippen LogP contribution in [-0.2, 0) is 20.5 Å². The van der Waals surface area contributed by atoms with Crippen LogP contribution >= 0.6 is 0 Å². The van der Waals surface area contributed by atoms with E-state index in [-0.39, 0.29) is 5.97 Å². The lowest BCUT2D eigenvalue weighted by atomic mass is 9.65. The number of fused-ring (bicyclic) bond motifs is 6. The van der Waals surface area contributed by atoms with Gasteiger partial charge < -0.3 is 4.74 Å². The van der Waals surface area contributed by atoms with Gasteiger partial charge >= 0.3 is 5.97 Å². The standard InChI is InChI=1S/C20H17N3O2/c1-25-18(24)20-14-7-3-5-9-16(14)23-17(20)19(10-11-22-20)12-21-15-8-4-2-6-13(15)19/h2-9,12,22H,10-11H2,1H3. The summed E-state index contributed by atoms with van der Waals surface area (Å²) in [7, 11) is 1.43. The van der Waals surface area contributed by atoms with Crippen LogP contribution in [0.25, 0.3) is 0 Å². The van der Waals surface area contributed by atoms with Crippen molar-refractivity contribution in [2.75, 3.05) is 13.7 Å². The largest absolute Gasteiger partial charge is 0.467 e. The number of hydrogen-bond acceptors (Lipinski definition) is 5. The van der Waals surface area contributed by atoms with Gasteiger partial charge in [0.25, 0.3) is 0 Å². The van der Waals surface area contributed by atoms with Gasteiger partial charge in [0.15, 0.2) is 5.54 Å². The second-order valence-corrected chi connectivity index (χ2v) is 6.64. The number of benzene rings is 2. The summed E-state index contributed by atoms with van der Waals surface area (Å²) in [6.45, 7) is 0.669. The van der Waals surface area contributed by atoms with Crippen molar-refractivity contribution in [3.8, 4) is 0 Å². The van der Waals surface area contributed by atoms with Gasteiger partial charge in [-0.15, -0.1) is 0 Å². The number of piperidine rings is 1. The van der Waals surface area contributed by atoms with Crippen LogP contribution in [0.3, 0.4) is 0 Å². The van der Waals surface area contributed by atoms with Crippen molar-refractivity contribution >= 4 is 29.3 Å². The number of nitrogens with one attached hydrogen (secondary N) is 1. The van der Waals surface area contributed by atoms with E-state index >= 15 is 0 Å². The number of para-hydroxylation sites is 2. The maximum absolute atomic E-state index is 13.0. The number of rotatable bonds is 1. The lowest BCUT2D eigenvalue weighted by Gasteiger charge is -2.43. The van der Waals surface area contributed by atoms with E-state index in [1.807, 2.05) is 48.7 Å². The third-order valence-electron chi connectivity index (χ3n) is 5.53. The summed E-state index contributed by atoms with van der Waals surface area (Å²) in [5.74, 6) is -0.326. The van der Waals surface area contributed by atoms with Crippen molar-refractivity contribution in [1.82, 2.24) is 5.32 Å². The van der Waals surface area contributed by atoms with Gasteiger partial charge in [0.05, 0.1) is 29.6 Å². The molecule has 0 amide bonds. The van der Waals surface area contributed by atoms with Crippen molar-refractivity contribution in [1.29, 1.82) is 0 Å². The molecule has 2 aromatic rings. The Hall–Kier alpha value is -2.79. The van der Waals surface area contributed by atoms with Crippen LogP contribution in [-0.4, -0.2) is 31.6 Å². The molecule has 5 rings (SSSR count). The van der Waals surface area contributed by atoms with E-state index in [0.29, 0.717) is 6.54 Å². The maximum Gasteiger partial charge on any atom is 0.336 e. The summed E-state index contributed by atoms with van der Waals surface area (Å²) in [5, 5.41) is 3.42. The van der Waals surface area contributed by atoms with Gasteiger partial charge in [-0.25, -0.2) is 4.79 Å². The first-order valence-corrected chi connectivity index (χ1v) is 8.40. The fourth-order valence-corrected chi connectivity index (χ4v) is 4.43. The van der Waals surface area contributed by atoms with Crippen LogP contribution in [0, 0.1) is 0 Å². The van der Waals surface area contributed by atoms with Crippen molar-refractivity contribution in [2.24, 2.45) is 9.98 Å². The quantitative estimate of drug-likeness (QED) is 0.817. The summed E-state index contributed by atoms with van der Waals surface area (Å²) in [4.78, 5) is 22.5. The molecule has 5 heteroatoms. The number of methoxy groups -OCH3 is 1. The molecule has 0 aromatic heterocycles. The van der Waals surface area contributed by atoms with Crippen molar-refractivity contribution < 1.29 is 9.53 Å². The van der Waals surface area contributed by atoms with Crippen LogP contribution < -0.4 is 5.32 Å². The Morgan fingerprint density at radius 1 is 1.08 bits per heavy atom. The average molecular weight is 331 g/mol. The first-order valence-electron chi connectivity index (χ1n) is 8.40. The first kappa shape index (κ1) is 14.5. The second kappa shape index (κ2) is 4.86. The predicted molar refractivity (Wildman–Crippen MR) is 96.1 cm³/mol. The zero-order chi connectivity index (χ0) is 17.1. The second-order valence-electron chi connectivity index (χ2n) is 6.64. The van der Waals surface area contributed by atoms with E-state index in [2.05, 4.69) is 16.4 Å². The van der Waals surface area contributed by atoms with Gasteiger partial charge in [0.2, 0.25) is 0 Å². The molecule has 2 atom stereocenters. The number of hydrogen-bond donors (Lipinski definition) is 1. The van der Waals surface area contributed by atoms with Crippen molar-refractivity contribution in [2.45, 2.75) is 17.4 Å². The highest BCUT2D eigenvalue weighted by Gasteiger charge is 2.61. The Labute approximate surface area is 145 Å². The SMILES string of the molecule is COC(=O)C12NCCC3(C=Nc4ccccc43)C1=Nc1ccccc12. The van der Waals surface area contributed by atoms with E-state index in [9.17, 15) is 4.79 Å². The molecule has 3 aliphatic rings. The molecule has 3 aliphatic heterocycles. The van der Waals surface area contributed by atoms with E-state index in [0.717, 1.165) is 34.6 Å². The molecule has 5 nitrogen and oxygen atoms in total. The lowest BCUT2D eigenvalue weighted by molar-refractivity contribution is -0.146. The normalized spacial score (nSPS) is 28.3. The Balaban J connectivity index is 1.80. The molecule has 0 bridgehead atoms. The van der Waals surface area contributed by atoms with Crippen molar-refractivity contribution in [3.63, 3.8) is 0 Å². The van der Waals surface area contributed by atoms with Gasteiger partial charge in [-0.2, -0.15) is 0 Å². The highest BCUT2D eigenvalue weighted by atomic mass is 16.5. The molecule has 0 aliphatic carbocycles. The summed E-state index contributed by atoms with van der Waals surface area (Å²) in [6, 6.07) is 15.8. The molecule has 0 saturated carbocycles. The molecule has 124 valence electrons. The fraction of sp³-hybridized carbons (Fsp3) is 0.250. The number of esters is 1. The number of nitrogens with zero attached hydrogens (tertiary/aromatic N) is 2. The van der Waals surface area contributed by atoms with Gasteiger partial charge in [-0.3, -0.25) is 15.3 Å². The van der Waals surface area contributed by atoms with Gasteiger partial charge in [-0.05, 0) is 30.7 Å². The molecular weight excluding hydrogens is 314 g/mol. The summed E-state index contributed by atoms with van der Waals surface area (Å²) >= 11 is 0. The van der Waals surface area contributed by atoms with Gasteiger partial charge in [0, 0.05) is 11.8 Å². The molecule has 1 N–H and O–H groups in total. The van der Waals surface area contributed by atoms with Crippen LogP contribution in [0.2, 0.25) is 0 Å². The third kappa shape index (κ3) is 1.63. The lowest BCUT2D eigenvalue weighted by Crippen LogP contribution is -2.65. The van der Waals surface area contributed by atoms with E-state index < -0.39 is 11.0 Å². The van der Waals surface area contributed by atoms with Crippen molar-refractivity contribution in [3.05, 3.63) is 59.7 Å². The first-order chi connectivity index (χ1) is 12.2. The summed E-state index contributed by atoms with van der Waals surface area (Å²) < 4.78 is 5.22. The topological polar surface area (TPSA) is 63.0 Å². The molecule has 1 spiro atoms. The summed E-state index contributed by atoms with van der Waals surface area (Å²) in [6.07, 6.45) is 2.76. The van der Waals surface area contributed by atoms with E-state index in [4.69, 9.17) is 9.73 Å². The number of carbonyl (C=O) groups excluding carboxylic acids is 1. The van der Waals surface area contributed by atoms with Gasteiger partial charge in [0.1, 0.15) is 0 Å². The Bertz CT molecular complexity index is 965. The molecule has 2 unspecified atom stereocenters. The van der Waals surface area contributed by atoms with E-state index in [1.165, 1.54) is 7.11 Å². The fourth-order valence-electron chi connectivity index (χ4n) is 4.43.